The molecule has 14 rings (SSSR count). The lowest BCUT2D eigenvalue weighted by molar-refractivity contribution is 0.660. The molecule has 0 amide bonds. The highest BCUT2D eigenvalue weighted by Gasteiger charge is 2.36. The fraction of sp³-hybridized carbons (Fsp3) is 0.0508. The number of hydrogen-bond donors (Lipinski definition) is 0. The normalized spacial score (nSPS) is 13.5. The van der Waals surface area contributed by atoms with Crippen LogP contribution in [0.1, 0.15) is 25.0 Å². The van der Waals surface area contributed by atoms with Crippen LogP contribution in [0.25, 0.3) is 121 Å². The van der Waals surface area contributed by atoms with E-state index in [1.54, 1.807) is 0 Å². The molecular formula is C59H38N2. The number of aromatic nitrogens is 2. The molecular weight excluding hydrogens is 737 g/mol. The lowest BCUT2D eigenvalue weighted by Crippen LogP contribution is -2.16. The van der Waals surface area contributed by atoms with Gasteiger partial charge in [-0.2, -0.15) is 0 Å². The van der Waals surface area contributed by atoms with Crippen LogP contribution < -0.4 is 0 Å². The van der Waals surface area contributed by atoms with E-state index in [0.717, 1.165) is 0 Å². The van der Waals surface area contributed by atoms with E-state index in [2.05, 4.69) is 217 Å². The molecule has 0 saturated carbocycles. The first-order valence-corrected chi connectivity index (χ1v) is 21.4. The van der Waals surface area contributed by atoms with Crippen molar-refractivity contribution in [1.29, 1.82) is 0 Å². The first-order valence-electron chi connectivity index (χ1n) is 21.4. The summed E-state index contributed by atoms with van der Waals surface area (Å²) in [5, 5.41) is 10.2. The van der Waals surface area contributed by atoms with Crippen molar-refractivity contribution in [3.8, 4) is 50.2 Å². The maximum Gasteiger partial charge on any atom is 0.0789 e. The zero-order chi connectivity index (χ0) is 40.1. The van der Waals surface area contributed by atoms with Crippen LogP contribution in [-0.4, -0.2) is 8.97 Å². The summed E-state index contributed by atoms with van der Waals surface area (Å²) >= 11 is 0. The molecule has 0 unspecified atom stereocenters. The number of hydrogen-bond acceptors (Lipinski definition) is 0. The van der Waals surface area contributed by atoms with E-state index in [0.29, 0.717) is 0 Å². The highest BCUT2D eigenvalue weighted by Crippen LogP contribution is 2.52. The third-order valence-corrected chi connectivity index (χ3v) is 14.2. The molecule has 2 nitrogen and oxygen atoms in total. The summed E-state index contributed by atoms with van der Waals surface area (Å²) in [6.45, 7) is 4.78. The van der Waals surface area contributed by atoms with Gasteiger partial charge in [-0.1, -0.05) is 172 Å². The van der Waals surface area contributed by atoms with E-state index in [1.807, 2.05) is 0 Å². The van der Waals surface area contributed by atoms with E-state index < -0.39 is 0 Å². The van der Waals surface area contributed by atoms with Crippen LogP contribution >= 0.6 is 0 Å². The molecule has 1 aliphatic rings. The van der Waals surface area contributed by atoms with Gasteiger partial charge >= 0.3 is 0 Å². The number of pyridine rings is 2. The van der Waals surface area contributed by atoms with Gasteiger partial charge in [0.1, 0.15) is 0 Å². The van der Waals surface area contributed by atoms with E-state index >= 15 is 0 Å². The van der Waals surface area contributed by atoms with Crippen molar-refractivity contribution in [3.05, 3.63) is 205 Å². The highest BCUT2D eigenvalue weighted by atomic mass is 15.0. The van der Waals surface area contributed by atoms with Gasteiger partial charge in [-0.05, 0) is 114 Å². The van der Waals surface area contributed by atoms with Crippen LogP contribution in [-0.2, 0) is 5.41 Å². The number of nitrogens with zero attached hydrogens (tertiary/aromatic N) is 2. The maximum absolute atomic E-state index is 2.67. The van der Waals surface area contributed by atoms with Gasteiger partial charge in [-0.3, -0.25) is 0 Å². The summed E-state index contributed by atoms with van der Waals surface area (Å²) in [7, 11) is 0. The Morgan fingerprint density at radius 2 is 0.820 bits per heavy atom. The molecule has 2 heteroatoms. The first kappa shape index (κ1) is 33.2. The number of benzene rings is 10. The molecule has 284 valence electrons. The third-order valence-electron chi connectivity index (χ3n) is 14.2. The van der Waals surface area contributed by atoms with Gasteiger partial charge in [0.25, 0.3) is 0 Å². The topological polar surface area (TPSA) is 9.34 Å². The van der Waals surface area contributed by atoms with Gasteiger partial charge in [0.15, 0.2) is 0 Å². The molecule has 1 aliphatic carbocycles. The summed E-state index contributed by atoms with van der Waals surface area (Å²) in [5.74, 6) is 0. The van der Waals surface area contributed by atoms with Crippen molar-refractivity contribution < 1.29 is 0 Å². The molecule has 0 atom stereocenters. The Balaban J connectivity index is 1.27. The molecule has 13 aromatic rings. The van der Waals surface area contributed by atoms with E-state index in [4.69, 9.17) is 0 Å². The molecule has 0 N–H and O–H groups in total. The number of rotatable bonds is 4. The molecule has 0 spiro atoms. The lowest BCUT2D eigenvalue weighted by atomic mass is 9.82. The summed E-state index contributed by atoms with van der Waals surface area (Å²) in [6.07, 6.45) is 0. The van der Waals surface area contributed by atoms with Crippen molar-refractivity contribution in [1.82, 2.24) is 8.97 Å². The Morgan fingerprint density at radius 1 is 0.328 bits per heavy atom. The summed E-state index contributed by atoms with van der Waals surface area (Å²) in [4.78, 5) is 0. The summed E-state index contributed by atoms with van der Waals surface area (Å²) in [5.41, 5.74) is 20.0. The third kappa shape index (κ3) is 4.26. The van der Waals surface area contributed by atoms with Crippen LogP contribution in [0.15, 0.2) is 194 Å². The fourth-order valence-electron chi connectivity index (χ4n) is 11.5. The molecule has 0 bridgehead atoms. The standard InChI is InChI=1S/C59H38N2/c1-59(2)50-27-13-12-22-40(50)41-29-28-39(32-51(41)59)60-52-33-46(36-18-8-4-9-19-36)42-23-14-25-44-48-30-38(35-16-6-3-7-17-35)31-49-45-26-15-24-43-47(37-20-10-5-11-21-37)34-53(60)58(55(43)45)61(56(48)49)57(52)54(42)44/h3-34H,1-2H3. The van der Waals surface area contributed by atoms with Crippen LogP contribution in [0.3, 0.4) is 0 Å². The zero-order valence-electron chi connectivity index (χ0n) is 33.9. The second-order valence-electron chi connectivity index (χ2n) is 17.6. The quantitative estimate of drug-likeness (QED) is 0.124. The molecule has 0 fully saturated rings. The van der Waals surface area contributed by atoms with Crippen molar-refractivity contribution in [2.45, 2.75) is 19.3 Å². The second kappa shape index (κ2) is 11.7. The van der Waals surface area contributed by atoms with Gasteiger partial charge in [0.2, 0.25) is 0 Å². The minimum Gasteiger partial charge on any atom is -0.306 e. The molecule has 3 aromatic heterocycles. The first-order chi connectivity index (χ1) is 30.0. The van der Waals surface area contributed by atoms with Crippen molar-refractivity contribution in [2.75, 3.05) is 0 Å². The van der Waals surface area contributed by atoms with Gasteiger partial charge < -0.3 is 8.97 Å². The lowest BCUT2D eigenvalue weighted by Gasteiger charge is -2.29. The predicted molar refractivity (Wildman–Crippen MR) is 258 cm³/mol. The molecule has 61 heavy (non-hydrogen) atoms. The molecule has 3 heterocycles. The van der Waals surface area contributed by atoms with Crippen LogP contribution in [0.5, 0.6) is 0 Å². The molecule has 0 saturated heterocycles. The Bertz CT molecular complexity index is 3740. The van der Waals surface area contributed by atoms with Crippen LogP contribution in [0.2, 0.25) is 0 Å². The Hall–Kier alpha value is -7.68. The molecule has 10 aromatic carbocycles. The highest BCUT2D eigenvalue weighted by molar-refractivity contribution is 6.35. The minimum atomic E-state index is -0.145. The van der Waals surface area contributed by atoms with Crippen molar-refractivity contribution >= 4 is 70.7 Å². The largest absolute Gasteiger partial charge is 0.306 e. The van der Waals surface area contributed by atoms with Crippen LogP contribution in [0.4, 0.5) is 0 Å². The predicted octanol–water partition coefficient (Wildman–Crippen LogP) is 15.8. The van der Waals surface area contributed by atoms with E-state index in [1.165, 1.54) is 132 Å². The van der Waals surface area contributed by atoms with E-state index in [9.17, 15) is 0 Å². The van der Waals surface area contributed by atoms with E-state index in [-0.39, 0.29) is 5.41 Å². The SMILES string of the molecule is CC1(C)c2ccccc2-c2ccc(-n3c4cc(-c5ccccc5)c5cccc6c7cc(-c8ccccc8)cc8c9cccc%10c(-c%11ccccc%11)cc3c(c%109)n(c78)c4c56)cc21. The summed E-state index contributed by atoms with van der Waals surface area (Å²) < 4.78 is 5.28. The number of fused-ring (bicyclic) bond motifs is 5. The van der Waals surface area contributed by atoms with Gasteiger partial charge in [0.05, 0.1) is 27.6 Å². The van der Waals surface area contributed by atoms with Gasteiger partial charge in [-0.15, -0.1) is 0 Å². The van der Waals surface area contributed by atoms with Crippen molar-refractivity contribution in [2.24, 2.45) is 0 Å². The average molecular weight is 775 g/mol. The second-order valence-corrected chi connectivity index (χ2v) is 17.6. The Kier molecular flexibility index (Phi) is 6.39. The molecule has 0 aliphatic heterocycles. The van der Waals surface area contributed by atoms with Gasteiger partial charge in [-0.25, -0.2) is 0 Å². The smallest absolute Gasteiger partial charge is 0.0789 e. The Morgan fingerprint density at radius 3 is 1.39 bits per heavy atom. The zero-order valence-corrected chi connectivity index (χ0v) is 33.9. The average Bonchev–Trinajstić information content (AvgIpc) is 3.55. The fourth-order valence-corrected chi connectivity index (χ4v) is 11.5. The Labute approximate surface area is 352 Å². The van der Waals surface area contributed by atoms with Gasteiger partial charge in [0, 0.05) is 32.6 Å². The van der Waals surface area contributed by atoms with Crippen molar-refractivity contribution in [3.63, 3.8) is 0 Å². The molecule has 0 radical (unpaired) electrons. The van der Waals surface area contributed by atoms with Crippen LogP contribution in [0, 0.1) is 0 Å². The summed E-state index contributed by atoms with van der Waals surface area (Å²) in [6, 6.07) is 73.0. The monoisotopic (exact) mass is 774 g/mol. The maximum atomic E-state index is 2.67. The minimum absolute atomic E-state index is 0.145.